The van der Waals surface area contributed by atoms with Gasteiger partial charge in [0.1, 0.15) is 5.82 Å². The van der Waals surface area contributed by atoms with Crippen molar-refractivity contribution in [2.75, 3.05) is 0 Å². The van der Waals surface area contributed by atoms with Gasteiger partial charge in [-0.05, 0) is 48.3 Å². The fourth-order valence-electron chi connectivity index (χ4n) is 2.94. The quantitative estimate of drug-likeness (QED) is 0.866. The largest absolute Gasteiger partial charge is 0.481 e. The molecule has 0 aliphatic heterocycles. The van der Waals surface area contributed by atoms with Gasteiger partial charge in [-0.3, -0.25) is 4.79 Å². The number of hydrogen-bond donors (Lipinski definition) is 1. The molecule has 1 saturated carbocycles. The van der Waals surface area contributed by atoms with Crippen LogP contribution in [0.5, 0.6) is 0 Å². The smallest absolute Gasteiger partial charge is 0.307 e. The molecule has 1 aliphatic carbocycles. The van der Waals surface area contributed by atoms with E-state index in [4.69, 9.17) is 0 Å². The average molecular weight is 250 g/mol. The fraction of sp³-hybridized carbons (Fsp3) is 0.533. The van der Waals surface area contributed by atoms with Gasteiger partial charge in [-0.15, -0.1) is 0 Å². The summed E-state index contributed by atoms with van der Waals surface area (Å²) >= 11 is 0. The molecular weight excluding hydrogens is 231 g/mol. The maximum Gasteiger partial charge on any atom is 0.307 e. The highest BCUT2D eigenvalue weighted by atomic mass is 19.1. The second-order valence-corrected chi connectivity index (χ2v) is 6.01. The van der Waals surface area contributed by atoms with Gasteiger partial charge < -0.3 is 5.11 Å². The van der Waals surface area contributed by atoms with Gasteiger partial charge >= 0.3 is 5.97 Å². The van der Waals surface area contributed by atoms with Gasteiger partial charge in [-0.1, -0.05) is 26.0 Å². The maximum absolute atomic E-state index is 12.9. The molecule has 0 saturated heterocycles. The standard InChI is InChI=1S/C15H19FO2/c1-15(2)8-7-12(14(17)18)13(9-15)10-3-5-11(16)6-4-10/h3-6,12-13H,7-9H2,1-2H3,(H,17,18). The monoisotopic (exact) mass is 250 g/mol. The Balaban J connectivity index is 2.30. The molecule has 1 aromatic rings. The van der Waals surface area contributed by atoms with Gasteiger partial charge in [-0.25, -0.2) is 4.39 Å². The van der Waals surface area contributed by atoms with Crippen LogP contribution in [-0.2, 0) is 4.79 Å². The van der Waals surface area contributed by atoms with E-state index in [0.29, 0.717) is 6.42 Å². The van der Waals surface area contributed by atoms with Gasteiger partial charge in [0.05, 0.1) is 5.92 Å². The lowest BCUT2D eigenvalue weighted by Crippen LogP contribution is -2.32. The van der Waals surface area contributed by atoms with Crippen LogP contribution in [0.4, 0.5) is 4.39 Å². The number of carboxylic acid groups (broad SMARTS) is 1. The molecule has 0 aromatic heterocycles. The van der Waals surface area contributed by atoms with Crippen molar-refractivity contribution in [3.8, 4) is 0 Å². The Hall–Kier alpha value is -1.38. The molecule has 3 heteroatoms. The fourth-order valence-corrected chi connectivity index (χ4v) is 2.94. The molecule has 1 fully saturated rings. The number of rotatable bonds is 2. The van der Waals surface area contributed by atoms with E-state index >= 15 is 0 Å². The lowest BCUT2D eigenvalue weighted by atomic mass is 9.65. The van der Waals surface area contributed by atoms with Crippen molar-refractivity contribution in [1.82, 2.24) is 0 Å². The molecule has 0 spiro atoms. The van der Waals surface area contributed by atoms with Gasteiger partial charge in [0.15, 0.2) is 0 Å². The zero-order valence-electron chi connectivity index (χ0n) is 10.8. The van der Waals surface area contributed by atoms with Crippen molar-refractivity contribution >= 4 is 5.97 Å². The molecule has 18 heavy (non-hydrogen) atoms. The second kappa shape index (κ2) is 4.71. The molecule has 2 rings (SSSR count). The van der Waals surface area contributed by atoms with Crippen molar-refractivity contribution in [3.63, 3.8) is 0 Å². The first-order valence-corrected chi connectivity index (χ1v) is 6.37. The van der Waals surface area contributed by atoms with Crippen molar-refractivity contribution in [1.29, 1.82) is 0 Å². The number of benzene rings is 1. The van der Waals surface area contributed by atoms with Gasteiger partial charge in [0.2, 0.25) is 0 Å². The molecule has 0 bridgehead atoms. The molecule has 98 valence electrons. The summed E-state index contributed by atoms with van der Waals surface area (Å²) in [7, 11) is 0. The van der Waals surface area contributed by atoms with Crippen LogP contribution in [0, 0.1) is 17.2 Å². The lowest BCUT2D eigenvalue weighted by Gasteiger charge is -2.39. The number of halogens is 1. The Kier molecular flexibility index (Phi) is 3.42. The molecule has 1 aliphatic rings. The minimum atomic E-state index is -0.736. The zero-order chi connectivity index (χ0) is 13.3. The van der Waals surface area contributed by atoms with E-state index in [2.05, 4.69) is 13.8 Å². The normalized spacial score (nSPS) is 26.8. The van der Waals surface area contributed by atoms with Crippen LogP contribution >= 0.6 is 0 Å². The third-order valence-electron chi connectivity index (χ3n) is 4.01. The first kappa shape index (κ1) is 13.1. The molecule has 2 unspecified atom stereocenters. The predicted molar refractivity (Wildman–Crippen MR) is 67.9 cm³/mol. The molecule has 2 nitrogen and oxygen atoms in total. The molecule has 0 amide bonds. The molecule has 2 atom stereocenters. The molecule has 0 heterocycles. The Morgan fingerprint density at radius 2 is 1.94 bits per heavy atom. The number of hydrogen-bond acceptors (Lipinski definition) is 1. The van der Waals surface area contributed by atoms with Crippen molar-refractivity contribution < 1.29 is 14.3 Å². The first-order valence-electron chi connectivity index (χ1n) is 6.37. The van der Waals surface area contributed by atoms with E-state index in [1.54, 1.807) is 12.1 Å². The highest BCUT2D eigenvalue weighted by Crippen LogP contribution is 2.46. The number of aliphatic carboxylic acids is 1. The Morgan fingerprint density at radius 1 is 1.33 bits per heavy atom. The minimum Gasteiger partial charge on any atom is -0.481 e. The van der Waals surface area contributed by atoms with Crippen LogP contribution in [-0.4, -0.2) is 11.1 Å². The van der Waals surface area contributed by atoms with Crippen LogP contribution in [0.3, 0.4) is 0 Å². The van der Waals surface area contributed by atoms with Crippen LogP contribution in [0.2, 0.25) is 0 Å². The lowest BCUT2D eigenvalue weighted by molar-refractivity contribution is -0.144. The van der Waals surface area contributed by atoms with Crippen LogP contribution in [0.1, 0.15) is 44.6 Å². The van der Waals surface area contributed by atoms with Crippen LogP contribution in [0.25, 0.3) is 0 Å². The zero-order valence-corrected chi connectivity index (χ0v) is 10.8. The Bertz CT molecular complexity index is 436. The summed E-state index contributed by atoms with van der Waals surface area (Å²) in [6.45, 7) is 4.34. The Labute approximate surface area is 107 Å². The van der Waals surface area contributed by atoms with E-state index in [-0.39, 0.29) is 23.1 Å². The van der Waals surface area contributed by atoms with E-state index < -0.39 is 5.97 Å². The summed E-state index contributed by atoms with van der Waals surface area (Å²) in [6, 6.07) is 6.26. The summed E-state index contributed by atoms with van der Waals surface area (Å²) in [6.07, 6.45) is 2.47. The summed E-state index contributed by atoms with van der Waals surface area (Å²) in [4.78, 5) is 11.3. The van der Waals surface area contributed by atoms with Gasteiger partial charge in [-0.2, -0.15) is 0 Å². The SMILES string of the molecule is CC1(C)CCC(C(=O)O)C(c2ccc(F)cc2)C1. The third kappa shape index (κ3) is 2.71. The summed E-state index contributed by atoms with van der Waals surface area (Å²) < 4.78 is 12.9. The number of carbonyl (C=O) groups is 1. The van der Waals surface area contributed by atoms with Crippen LogP contribution in [0.15, 0.2) is 24.3 Å². The molecule has 0 radical (unpaired) electrons. The maximum atomic E-state index is 12.9. The molecule has 1 aromatic carbocycles. The highest BCUT2D eigenvalue weighted by molar-refractivity contribution is 5.71. The Morgan fingerprint density at radius 3 is 2.50 bits per heavy atom. The average Bonchev–Trinajstić information content (AvgIpc) is 2.28. The van der Waals surface area contributed by atoms with Gasteiger partial charge in [0.25, 0.3) is 0 Å². The van der Waals surface area contributed by atoms with Gasteiger partial charge in [0, 0.05) is 0 Å². The summed E-state index contributed by atoms with van der Waals surface area (Å²) in [5.41, 5.74) is 1.10. The predicted octanol–water partition coefficient (Wildman–Crippen LogP) is 3.82. The first-order chi connectivity index (χ1) is 8.39. The number of carboxylic acids is 1. The van der Waals surface area contributed by atoms with Crippen LogP contribution < -0.4 is 0 Å². The minimum absolute atomic E-state index is 0.00755. The molecule has 1 N–H and O–H groups in total. The van der Waals surface area contributed by atoms with E-state index in [0.717, 1.165) is 18.4 Å². The van der Waals surface area contributed by atoms with Crippen molar-refractivity contribution in [2.45, 2.75) is 39.0 Å². The van der Waals surface area contributed by atoms with Crippen molar-refractivity contribution in [3.05, 3.63) is 35.6 Å². The topological polar surface area (TPSA) is 37.3 Å². The highest BCUT2D eigenvalue weighted by Gasteiger charge is 2.39. The third-order valence-corrected chi connectivity index (χ3v) is 4.01. The molecular formula is C15H19FO2. The van der Waals surface area contributed by atoms with Crippen molar-refractivity contribution in [2.24, 2.45) is 11.3 Å². The summed E-state index contributed by atoms with van der Waals surface area (Å²) in [5.74, 6) is -1.36. The second-order valence-electron chi connectivity index (χ2n) is 6.01. The van der Waals surface area contributed by atoms with E-state index in [1.165, 1.54) is 12.1 Å². The van der Waals surface area contributed by atoms with E-state index in [1.807, 2.05) is 0 Å². The summed E-state index contributed by atoms with van der Waals surface area (Å²) in [5, 5.41) is 9.32. The van der Waals surface area contributed by atoms with E-state index in [9.17, 15) is 14.3 Å².